The summed E-state index contributed by atoms with van der Waals surface area (Å²) in [5.41, 5.74) is 2.04. The Kier molecular flexibility index (Phi) is 6.88. The van der Waals surface area contributed by atoms with Crippen molar-refractivity contribution in [3.05, 3.63) is 48.4 Å². The van der Waals surface area contributed by atoms with Crippen LogP contribution in [-0.2, 0) is 9.59 Å². The van der Waals surface area contributed by atoms with Gasteiger partial charge in [-0.3, -0.25) is 19.7 Å². The Labute approximate surface area is 193 Å². The Morgan fingerprint density at radius 2 is 2.09 bits per heavy atom. The molecule has 2 unspecified atom stereocenters. The van der Waals surface area contributed by atoms with Crippen molar-refractivity contribution in [3.8, 4) is 5.75 Å². The molecule has 0 radical (unpaired) electrons. The van der Waals surface area contributed by atoms with Gasteiger partial charge in [-0.15, -0.1) is 0 Å². The molecule has 0 bridgehead atoms. The molecule has 2 atom stereocenters. The summed E-state index contributed by atoms with van der Waals surface area (Å²) >= 11 is 0. The first-order valence-electron chi connectivity index (χ1n) is 11.2. The molecule has 0 saturated carbocycles. The fourth-order valence-corrected chi connectivity index (χ4v) is 4.15. The molecule has 3 heterocycles. The normalized spacial score (nSPS) is 18.5. The molecule has 9 heteroatoms. The summed E-state index contributed by atoms with van der Waals surface area (Å²) in [5, 5.41) is 10.3. The Hall–Kier alpha value is -3.46. The van der Waals surface area contributed by atoms with Gasteiger partial charge in [0.15, 0.2) is 0 Å². The first kappa shape index (κ1) is 22.7. The van der Waals surface area contributed by atoms with Crippen LogP contribution in [0.5, 0.6) is 5.75 Å². The Balaban J connectivity index is 1.51. The van der Waals surface area contributed by atoms with E-state index in [9.17, 15) is 9.59 Å². The SMILES string of the molecule is CC1CCC(c2cccc(OCCN(C)C)c2)N(C(=O)C(=O)Nc2cncc3cn[nH]c23)C1. The number of amides is 2. The average molecular weight is 451 g/mol. The lowest BCUT2D eigenvalue weighted by molar-refractivity contribution is -0.146. The molecule has 33 heavy (non-hydrogen) atoms. The number of likely N-dealkylation sites (tertiary alicyclic amines) is 1. The number of ether oxygens (including phenoxy) is 1. The minimum absolute atomic E-state index is 0.182. The van der Waals surface area contributed by atoms with Crippen LogP contribution in [0.15, 0.2) is 42.9 Å². The molecule has 1 saturated heterocycles. The lowest BCUT2D eigenvalue weighted by Gasteiger charge is -2.38. The molecule has 2 aromatic heterocycles. The fourth-order valence-electron chi connectivity index (χ4n) is 4.15. The zero-order chi connectivity index (χ0) is 23.4. The summed E-state index contributed by atoms with van der Waals surface area (Å²) in [6.07, 6.45) is 6.55. The number of nitrogens with one attached hydrogen (secondary N) is 2. The van der Waals surface area contributed by atoms with Gasteiger partial charge in [-0.05, 0) is 50.6 Å². The minimum atomic E-state index is -0.684. The number of benzene rings is 1. The van der Waals surface area contributed by atoms with Crippen LogP contribution in [0, 0.1) is 5.92 Å². The molecule has 2 amide bonds. The average Bonchev–Trinajstić information content (AvgIpc) is 3.28. The van der Waals surface area contributed by atoms with Crippen LogP contribution < -0.4 is 10.1 Å². The van der Waals surface area contributed by atoms with Crippen LogP contribution in [-0.4, -0.2) is 70.6 Å². The Bertz CT molecular complexity index is 1130. The molecule has 4 rings (SSSR count). The zero-order valence-corrected chi connectivity index (χ0v) is 19.2. The lowest BCUT2D eigenvalue weighted by atomic mass is 9.89. The Morgan fingerprint density at radius 3 is 2.91 bits per heavy atom. The fraction of sp³-hybridized carbons (Fsp3) is 0.417. The van der Waals surface area contributed by atoms with Crippen molar-refractivity contribution in [2.75, 3.05) is 39.1 Å². The molecule has 9 nitrogen and oxygen atoms in total. The highest BCUT2D eigenvalue weighted by Gasteiger charge is 2.34. The maximum atomic E-state index is 13.3. The molecule has 1 fully saturated rings. The van der Waals surface area contributed by atoms with E-state index < -0.39 is 11.8 Å². The number of pyridine rings is 1. The highest BCUT2D eigenvalue weighted by molar-refractivity contribution is 6.40. The molecule has 0 spiro atoms. The van der Waals surface area contributed by atoms with Gasteiger partial charge in [-0.2, -0.15) is 5.10 Å². The number of likely N-dealkylation sites (N-methyl/N-ethyl adjacent to an activating group) is 1. The quantitative estimate of drug-likeness (QED) is 0.560. The summed E-state index contributed by atoms with van der Waals surface area (Å²) in [5.74, 6) is -0.157. The molecule has 1 aliphatic heterocycles. The number of piperidine rings is 1. The Morgan fingerprint density at radius 1 is 1.24 bits per heavy atom. The van der Waals surface area contributed by atoms with E-state index in [4.69, 9.17) is 4.74 Å². The number of nitrogens with zero attached hydrogens (tertiary/aromatic N) is 4. The summed E-state index contributed by atoms with van der Waals surface area (Å²) in [4.78, 5) is 34.1. The second-order valence-corrected chi connectivity index (χ2v) is 8.86. The van der Waals surface area contributed by atoms with Gasteiger partial charge in [-0.1, -0.05) is 19.1 Å². The van der Waals surface area contributed by atoms with Gasteiger partial charge < -0.3 is 19.9 Å². The maximum Gasteiger partial charge on any atom is 0.314 e. The van der Waals surface area contributed by atoms with Crippen LogP contribution >= 0.6 is 0 Å². The second kappa shape index (κ2) is 9.99. The van der Waals surface area contributed by atoms with Gasteiger partial charge in [-0.25, -0.2) is 0 Å². The molecule has 0 aliphatic carbocycles. The van der Waals surface area contributed by atoms with Gasteiger partial charge in [0.05, 0.1) is 29.6 Å². The second-order valence-electron chi connectivity index (χ2n) is 8.86. The highest BCUT2D eigenvalue weighted by Crippen LogP contribution is 2.35. The van der Waals surface area contributed by atoms with E-state index in [2.05, 4.69) is 32.3 Å². The third-order valence-corrected chi connectivity index (χ3v) is 5.93. The number of H-pyrrole nitrogens is 1. The zero-order valence-electron chi connectivity index (χ0n) is 19.2. The standard InChI is InChI=1S/C24H30N6O3/c1-16-7-8-21(17-5-4-6-19(11-17)33-10-9-29(2)3)30(15-16)24(32)23(31)27-20-14-25-12-18-13-26-28-22(18)20/h4-6,11-14,16,21H,7-10,15H2,1-3H3,(H,26,28)(H,27,31). The molecular formula is C24H30N6O3. The number of rotatable bonds is 6. The van der Waals surface area contributed by atoms with Crippen LogP contribution in [0.4, 0.5) is 5.69 Å². The van der Waals surface area contributed by atoms with Crippen molar-refractivity contribution >= 4 is 28.4 Å². The number of hydrogen-bond donors (Lipinski definition) is 2. The first-order chi connectivity index (χ1) is 15.9. The minimum Gasteiger partial charge on any atom is -0.492 e. The molecule has 1 aliphatic rings. The number of carbonyl (C=O) groups is 2. The molecule has 1 aromatic carbocycles. The van der Waals surface area contributed by atoms with Gasteiger partial charge in [0.1, 0.15) is 12.4 Å². The van der Waals surface area contributed by atoms with Crippen molar-refractivity contribution in [3.63, 3.8) is 0 Å². The van der Waals surface area contributed by atoms with Crippen molar-refractivity contribution in [2.24, 2.45) is 5.92 Å². The summed E-state index contributed by atoms with van der Waals surface area (Å²) in [7, 11) is 4.00. The first-order valence-corrected chi connectivity index (χ1v) is 11.2. The van der Waals surface area contributed by atoms with E-state index >= 15 is 0 Å². The van der Waals surface area contributed by atoms with E-state index in [-0.39, 0.29) is 6.04 Å². The van der Waals surface area contributed by atoms with E-state index in [1.54, 1.807) is 17.3 Å². The number of anilines is 1. The van der Waals surface area contributed by atoms with Gasteiger partial charge in [0.2, 0.25) is 0 Å². The topological polar surface area (TPSA) is 103 Å². The van der Waals surface area contributed by atoms with Crippen LogP contribution in [0.25, 0.3) is 10.9 Å². The number of hydrogen-bond acceptors (Lipinski definition) is 6. The summed E-state index contributed by atoms with van der Waals surface area (Å²) < 4.78 is 5.88. The van der Waals surface area contributed by atoms with Crippen molar-refractivity contribution in [1.82, 2.24) is 25.0 Å². The van der Waals surface area contributed by atoms with Crippen LogP contribution in [0.3, 0.4) is 0 Å². The highest BCUT2D eigenvalue weighted by atomic mass is 16.5. The molecule has 2 N–H and O–H groups in total. The predicted octanol–water partition coefficient (Wildman–Crippen LogP) is 2.84. The number of aromatic amines is 1. The van der Waals surface area contributed by atoms with E-state index in [1.165, 1.54) is 6.20 Å². The maximum absolute atomic E-state index is 13.3. The molecular weight excluding hydrogens is 420 g/mol. The van der Waals surface area contributed by atoms with E-state index in [0.717, 1.165) is 36.1 Å². The molecule has 174 valence electrons. The van der Waals surface area contributed by atoms with Gasteiger partial charge in [0.25, 0.3) is 0 Å². The third-order valence-electron chi connectivity index (χ3n) is 5.93. The third kappa shape index (κ3) is 5.31. The summed E-state index contributed by atoms with van der Waals surface area (Å²) in [6, 6.07) is 7.64. The monoisotopic (exact) mass is 450 g/mol. The largest absolute Gasteiger partial charge is 0.492 e. The van der Waals surface area contributed by atoms with Crippen molar-refractivity contribution in [2.45, 2.75) is 25.8 Å². The van der Waals surface area contributed by atoms with Crippen LogP contribution in [0.2, 0.25) is 0 Å². The number of aromatic nitrogens is 3. The smallest absolute Gasteiger partial charge is 0.314 e. The summed E-state index contributed by atoms with van der Waals surface area (Å²) in [6.45, 7) is 4.02. The van der Waals surface area contributed by atoms with E-state index in [0.29, 0.717) is 30.3 Å². The number of carbonyl (C=O) groups excluding carboxylic acids is 2. The van der Waals surface area contributed by atoms with E-state index in [1.807, 2.05) is 38.4 Å². The lowest BCUT2D eigenvalue weighted by Crippen LogP contribution is -2.46. The number of fused-ring (bicyclic) bond motifs is 1. The van der Waals surface area contributed by atoms with Crippen molar-refractivity contribution < 1.29 is 14.3 Å². The van der Waals surface area contributed by atoms with Gasteiger partial charge >= 0.3 is 11.8 Å². The molecule has 3 aromatic rings. The van der Waals surface area contributed by atoms with Crippen molar-refractivity contribution in [1.29, 1.82) is 0 Å². The van der Waals surface area contributed by atoms with Crippen LogP contribution in [0.1, 0.15) is 31.4 Å². The van der Waals surface area contributed by atoms with Gasteiger partial charge in [0, 0.05) is 24.7 Å². The predicted molar refractivity (Wildman–Crippen MR) is 126 cm³/mol.